The lowest BCUT2D eigenvalue weighted by Gasteiger charge is -2.25. The summed E-state index contributed by atoms with van der Waals surface area (Å²) in [7, 11) is 2.14. The topological polar surface area (TPSA) is 65.5 Å². The first kappa shape index (κ1) is 12.8. The average Bonchev–Trinajstić information content (AvgIpc) is 3.19. The highest BCUT2D eigenvalue weighted by molar-refractivity contribution is 5.86. The van der Waals surface area contributed by atoms with Gasteiger partial charge >= 0.3 is 5.97 Å². The van der Waals surface area contributed by atoms with Crippen LogP contribution in [0.25, 0.3) is 0 Å². The third kappa shape index (κ3) is 3.20. The molecule has 2 N–H and O–H groups in total. The summed E-state index contributed by atoms with van der Waals surface area (Å²) >= 11 is 0. The number of likely N-dealkylation sites (N-methyl/N-ethyl adjacent to an activating group) is 1. The van der Waals surface area contributed by atoms with E-state index in [1.807, 2.05) is 0 Å². The van der Waals surface area contributed by atoms with Gasteiger partial charge in [-0.15, -0.1) is 0 Å². The van der Waals surface area contributed by atoms with E-state index in [4.69, 9.17) is 5.11 Å². The second-order valence-corrected chi connectivity index (χ2v) is 4.86. The number of aromatic carboxylic acids is 1. The fourth-order valence-corrected chi connectivity index (χ4v) is 1.91. The largest absolute Gasteiger partial charge is 0.477 e. The zero-order valence-corrected chi connectivity index (χ0v) is 10.8. The summed E-state index contributed by atoms with van der Waals surface area (Å²) in [4.78, 5) is 17.0. The normalized spacial score (nSPS) is 16.6. The molecule has 18 heavy (non-hydrogen) atoms. The molecule has 1 aromatic heterocycles. The van der Waals surface area contributed by atoms with Crippen molar-refractivity contribution in [2.45, 2.75) is 31.8 Å². The quantitative estimate of drug-likeness (QED) is 0.803. The summed E-state index contributed by atoms with van der Waals surface area (Å²) in [6.07, 6.45) is 4.10. The molecule has 2 rings (SSSR count). The first-order valence-corrected chi connectivity index (χ1v) is 6.23. The second kappa shape index (κ2) is 5.35. The van der Waals surface area contributed by atoms with Gasteiger partial charge in [-0.25, -0.2) is 9.78 Å². The van der Waals surface area contributed by atoms with Gasteiger partial charge in [0.05, 0.1) is 0 Å². The maximum Gasteiger partial charge on any atom is 0.354 e. The molecule has 1 unspecified atom stereocenters. The number of carbonyl (C=O) groups is 1. The number of rotatable bonds is 6. The van der Waals surface area contributed by atoms with Crippen LogP contribution in [0.2, 0.25) is 0 Å². The standard InChI is InChI=1S/C13H19N3O2/c1-9(16(2)11-3-4-11)8-15-10-5-6-14-12(7-10)13(17)18/h5-7,9,11H,3-4,8H2,1-2H3,(H,14,15)(H,17,18). The number of carboxylic acids is 1. The predicted octanol–water partition coefficient (Wildman–Crippen LogP) is 1.67. The molecule has 0 spiro atoms. The lowest BCUT2D eigenvalue weighted by atomic mass is 10.2. The highest BCUT2D eigenvalue weighted by Crippen LogP contribution is 2.26. The van der Waals surface area contributed by atoms with Gasteiger partial charge in [0.1, 0.15) is 5.69 Å². The van der Waals surface area contributed by atoms with Crippen LogP contribution in [-0.4, -0.2) is 46.6 Å². The van der Waals surface area contributed by atoms with Gasteiger partial charge < -0.3 is 10.4 Å². The third-order valence-corrected chi connectivity index (χ3v) is 3.40. The van der Waals surface area contributed by atoms with Crippen molar-refractivity contribution in [1.29, 1.82) is 0 Å². The monoisotopic (exact) mass is 249 g/mol. The minimum atomic E-state index is -0.998. The molecule has 1 saturated carbocycles. The number of hydrogen-bond donors (Lipinski definition) is 2. The highest BCUT2D eigenvalue weighted by atomic mass is 16.4. The summed E-state index contributed by atoms with van der Waals surface area (Å²) in [6, 6.07) is 4.51. The van der Waals surface area contributed by atoms with Crippen molar-refractivity contribution in [3.8, 4) is 0 Å². The number of nitrogens with zero attached hydrogens (tertiary/aromatic N) is 2. The minimum Gasteiger partial charge on any atom is -0.477 e. The molecule has 1 heterocycles. The summed E-state index contributed by atoms with van der Waals surface area (Å²) in [5, 5.41) is 12.1. The molecule has 0 amide bonds. The van der Waals surface area contributed by atoms with E-state index >= 15 is 0 Å². The molecule has 0 radical (unpaired) electrons. The molecule has 1 fully saturated rings. The molecular weight excluding hydrogens is 230 g/mol. The van der Waals surface area contributed by atoms with Crippen molar-refractivity contribution in [2.24, 2.45) is 0 Å². The van der Waals surface area contributed by atoms with Crippen LogP contribution < -0.4 is 5.32 Å². The zero-order chi connectivity index (χ0) is 13.1. The minimum absolute atomic E-state index is 0.0724. The first-order valence-electron chi connectivity index (χ1n) is 6.23. The molecule has 0 aliphatic heterocycles. The molecule has 5 nitrogen and oxygen atoms in total. The molecule has 98 valence electrons. The van der Waals surface area contributed by atoms with Gasteiger partial charge in [0.2, 0.25) is 0 Å². The Morgan fingerprint density at radius 1 is 1.67 bits per heavy atom. The van der Waals surface area contributed by atoms with Crippen LogP contribution in [0.5, 0.6) is 0 Å². The summed E-state index contributed by atoms with van der Waals surface area (Å²) in [5.41, 5.74) is 0.877. The van der Waals surface area contributed by atoms with Gasteiger partial charge in [0.25, 0.3) is 0 Å². The predicted molar refractivity (Wildman–Crippen MR) is 69.9 cm³/mol. The van der Waals surface area contributed by atoms with Crippen LogP contribution in [0.1, 0.15) is 30.3 Å². The molecule has 0 saturated heterocycles. The van der Waals surface area contributed by atoms with E-state index in [0.29, 0.717) is 6.04 Å². The van der Waals surface area contributed by atoms with Crippen LogP contribution in [-0.2, 0) is 0 Å². The van der Waals surface area contributed by atoms with Crippen LogP contribution in [0, 0.1) is 0 Å². The van der Waals surface area contributed by atoms with E-state index in [1.165, 1.54) is 19.0 Å². The molecular formula is C13H19N3O2. The van der Waals surface area contributed by atoms with Crippen LogP contribution >= 0.6 is 0 Å². The van der Waals surface area contributed by atoms with Gasteiger partial charge in [-0.2, -0.15) is 0 Å². The van der Waals surface area contributed by atoms with E-state index in [9.17, 15) is 4.79 Å². The Labute approximate surface area is 107 Å². The van der Waals surface area contributed by atoms with Crippen molar-refractivity contribution in [3.05, 3.63) is 24.0 Å². The number of carboxylic acid groups (broad SMARTS) is 1. The Kier molecular flexibility index (Phi) is 3.81. The number of pyridine rings is 1. The third-order valence-electron chi connectivity index (χ3n) is 3.40. The number of anilines is 1. The maximum atomic E-state index is 10.8. The highest BCUT2D eigenvalue weighted by Gasteiger charge is 2.28. The van der Waals surface area contributed by atoms with Crippen molar-refractivity contribution in [2.75, 3.05) is 18.9 Å². The molecule has 0 bridgehead atoms. The van der Waals surface area contributed by atoms with E-state index in [2.05, 4.69) is 29.2 Å². The lowest BCUT2D eigenvalue weighted by molar-refractivity contribution is 0.0690. The van der Waals surface area contributed by atoms with Crippen molar-refractivity contribution >= 4 is 11.7 Å². The average molecular weight is 249 g/mol. The van der Waals surface area contributed by atoms with Gasteiger partial charge in [-0.3, -0.25) is 4.90 Å². The van der Waals surface area contributed by atoms with Crippen molar-refractivity contribution in [1.82, 2.24) is 9.88 Å². The van der Waals surface area contributed by atoms with E-state index in [0.717, 1.165) is 18.3 Å². The summed E-state index contributed by atoms with van der Waals surface area (Å²) in [5.74, 6) is -0.998. The SMILES string of the molecule is CC(CNc1ccnc(C(=O)O)c1)N(C)C1CC1. The molecule has 0 aromatic carbocycles. The van der Waals surface area contributed by atoms with Crippen molar-refractivity contribution < 1.29 is 9.90 Å². The van der Waals surface area contributed by atoms with Gasteiger partial charge in [0.15, 0.2) is 0 Å². The fourth-order valence-electron chi connectivity index (χ4n) is 1.91. The summed E-state index contributed by atoms with van der Waals surface area (Å²) in [6.45, 7) is 2.97. The Hall–Kier alpha value is -1.62. The number of nitrogens with one attached hydrogen (secondary N) is 1. The van der Waals surface area contributed by atoms with Crippen LogP contribution in [0.4, 0.5) is 5.69 Å². The van der Waals surface area contributed by atoms with E-state index < -0.39 is 5.97 Å². The first-order chi connectivity index (χ1) is 8.58. The molecule has 5 heteroatoms. The Morgan fingerprint density at radius 3 is 3.00 bits per heavy atom. The van der Waals surface area contributed by atoms with E-state index in [1.54, 1.807) is 12.1 Å². The zero-order valence-electron chi connectivity index (χ0n) is 10.8. The van der Waals surface area contributed by atoms with Gasteiger partial charge in [-0.1, -0.05) is 0 Å². The van der Waals surface area contributed by atoms with Gasteiger partial charge in [-0.05, 0) is 38.9 Å². The van der Waals surface area contributed by atoms with Crippen LogP contribution in [0.15, 0.2) is 18.3 Å². The Morgan fingerprint density at radius 2 is 2.39 bits per heavy atom. The summed E-state index contributed by atoms with van der Waals surface area (Å²) < 4.78 is 0. The second-order valence-electron chi connectivity index (χ2n) is 4.86. The number of aromatic nitrogens is 1. The fraction of sp³-hybridized carbons (Fsp3) is 0.538. The molecule has 1 atom stereocenters. The van der Waals surface area contributed by atoms with Gasteiger partial charge in [0, 0.05) is 30.5 Å². The van der Waals surface area contributed by atoms with Crippen LogP contribution in [0.3, 0.4) is 0 Å². The smallest absolute Gasteiger partial charge is 0.354 e. The van der Waals surface area contributed by atoms with Crippen molar-refractivity contribution in [3.63, 3.8) is 0 Å². The molecule has 1 aromatic rings. The maximum absolute atomic E-state index is 10.8. The van der Waals surface area contributed by atoms with E-state index in [-0.39, 0.29) is 5.69 Å². The molecule has 1 aliphatic carbocycles. The number of hydrogen-bond acceptors (Lipinski definition) is 4. The Bertz CT molecular complexity index is 432. The Balaban J connectivity index is 1.89. The lowest BCUT2D eigenvalue weighted by Crippen LogP contribution is -2.36. The molecule has 1 aliphatic rings.